The van der Waals surface area contributed by atoms with Crippen LogP contribution in [-0.4, -0.2) is 28.9 Å². The summed E-state index contributed by atoms with van der Waals surface area (Å²) in [6.07, 6.45) is 3.16. The molecule has 1 aliphatic heterocycles. The zero-order valence-electron chi connectivity index (χ0n) is 19.4. The molecule has 1 atom stereocenters. The monoisotopic (exact) mass is 476 g/mol. The molecule has 0 radical (unpaired) electrons. The van der Waals surface area contributed by atoms with Gasteiger partial charge in [0.25, 0.3) is 11.7 Å². The molecule has 0 spiro atoms. The first-order valence-corrected chi connectivity index (χ1v) is 11.2. The molecule has 0 bridgehead atoms. The molecule has 0 aliphatic carbocycles. The summed E-state index contributed by atoms with van der Waals surface area (Å²) in [7, 11) is 1.50. The Kier molecular flexibility index (Phi) is 6.19. The van der Waals surface area contributed by atoms with Crippen LogP contribution >= 0.6 is 11.6 Å². The Morgan fingerprint density at radius 1 is 1.03 bits per heavy atom. The van der Waals surface area contributed by atoms with Gasteiger partial charge in [0, 0.05) is 23.1 Å². The van der Waals surface area contributed by atoms with E-state index < -0.39 is 17.7 Å². The predicted molar refractivity (Wildman–Crippen MR) is 132 cm³/mol. The lowest BCUT2D eigenvalue weighted by Crippen LogP contribution is -2.29. The third-order valence-corrected chi connectivity index (χ3v) is 6.14. The van der Waals surface area contributed by atoms with Gasteiger partial charge in [-0.1, -0.05) is 38.4 Å². The Morgan fingerprint density at radius 3 is 2.26 bits per heavy atom. The van der Waals surface area contributed by atoms with Crippen LogP contribution < -0.4 is 9.64 Å². The molecular weight excluding hydrogens is 452 g/mol. The van der Waals surface area contributed by atoms with Crippen LogP contribution in [0.4, 0.5) is 5.69 Å². The lowest BCUT2D eigenvalue weighted by atomic mass is 9.85. The highest BCUT2D eigenvalue weighted by Gasteiger charge is 2.47. The molecule has 1 unspecified atom stereocenters. The summed E-state index contributed by atoms with van der Waals surface area (Å²) in [5.74, 6) is -1.41. The maximum absolute atomic E-state index is 13.3. The van der Waals surface area contributed by atoms with Gasteiger partial charge in [0.2, 0.25) is 0 Å². The number of ether oxygens (including phenoxy) is 1. The van der Waals surface area contributed by atoms with Crippen molar-refractivity contribution < 1.29 is 19.4 Å². The number of rotatable bonds is 4. The Labute approximate surface area is 203 Å². The number of aromatic nitrogens is 1. The number of amides is 1. The van der Waals surface area contributed by atoms with Gasteiger partial charge in [-0.05, 0) is 65.1 Å². The van der Waals surface area contributed by atoms with Crippen LogP contribution in [0.2, 0.25) is 5.02 Å². The fraction of sp³-hybridized carbons (Fsp3) is 0.222. The molecule has 174 valence electrons. The Bertz CT molecular complexity index is 1280. The minimum absolute atomic E-state index is 0.0180. The van der Waals surface area contributed by atoms with Crippen LogP contribution in [0.25, 0.3) is 5.76 Å². The number of nitrogens with zero attached hydrogens (tertiary/aromatic N) is 2. The first-order chi connectivity index (χ1) is 16.1. The molecule has 1 aromatic heterocycles. The number of pyridine rings is 1. The number of aliphatic hydroxyl groups excluding tert-OH is 1. The molecule has 6 nitrogen and oxygen atoms in total. The van der Waals surface area contributed by atoms with Gasteiger partial charge >= 0.3 is 0 Å². The average molecular weight is 477 g/mol. The van der Waals surface area contributed by atoms with Crippen molar-refractivity contribution in [1.82, 2.24) is 4.98 Å². The molecular formula is C27H25ClN2O4. The second kappa shape index (κ2) is 8.95. The molecule has 2 heterocycles. The van der Waals surface area contributed by atoms with Gasteiger partial charge in [-0.2, -0.15) is 0 Å². The van der Waals surface area contributed by atoms with Crippen LogP contribution in [-0.2, 0) is 15.0 Å². The summed E-state index contributed by atoms with van der Waals surface area (Å²) in [6, 6.07) is 14.7. The molecule has 3 aromatic rings. The average Bonchev–Trinajstić information content (AvgIpc) is 3.09. The van der Waals surface area contributed by atoms with E-state index in [0.29, 0.717) is 27.6 Å². The normalized spacial score (nSPS) is 17.8. The van der Waals surface area contributed by atoms with Crippen LogP contribution in [0.1, 0.15) is 43.5 Å². The number of benzene rings is 2. The zero-order chi connectivity index (χ0) is 24.6. The second-order valence-corrected chi connectivity index (χ2v) is 9.53. The number of methoxy groups -OCH3 is 1. The van der Waals surface area contributed by atoms with E-state index in [1.54, 1.807) is 60.9 Å². The van der Waals surface area contributed by atoms with Crippen LogP contribution in [0.5, 0.6) is 5.75 Å². The molecule has 2 aromatic carbocycles. The van der Waals surface area contributed by atoms with Crippen LogP contribution in [0, 0.1) is 0 Å². The van der Waals surface area contributed by atoms with Gasteiger partial charge in [0.1, 0.15) is 11.5 Å². The van der Waals surface area contributed by atoms with Gasteiger partial charge in [-0.15, -0.1) is 0 Å². The summed E-state index contributed by atoms with van der Waals surface area (Å²) in [6.45, 7) is 6.15. The highest BCUT2D eigenvalue weighted by Crippen LogP contribution is 2.43. The van der Waals surface area contributed by atoms with Crippen molar-refractivity contribution in [2.75, 3.05) is 12.0 Å². The van der Waals surface area contributed by atoms with Gasteiger partial charge in [0.05, 0.1) is 24.3 Å². The molecule has 34 heavy (non-hydrogen) atoms. The van der Waals surface area contributed by atoms with E-state index in [1.807, 2.05) is 6.07 Å². The first kappa shape index (κ1) is 23.5. The second-order valence-electron chi connectivity index (χ2n) is 9.09. The highest BCUT2D eigenvalue weighted by molar-refractivity contribution is 6.51. The largest absolute Gasteiger partial charge is 0.507 e. The third-order valence-electron chi connectivity index (χ3n) is 5.89. The standard InChI is InChI=1S/C27H25ClN2O4/c1-27(2,3)17-5-10-21(34-4)20(15-17)24(31)22-23(16-11-13-29-14-12-16)30(26(33)25(22)32)19-8-6-18(28)7-9-19/h5-15,23,31H,1-4H3/b24-22+. The van der Waals surface area contributed by atoms with Crippen molar-refractivity contribution >= 4 is 34.7 Å². The summed E-state index contributed by atoms with van der Waals surface area (Å²) in [5, 5.41) is 12.0. The van der Waals surface area contributed by atoms with E-state index in [1.165, 1.54) is 12.0 Å². The first-order valence-electron chi connectivity index (χ1n) is 10.8. The minimum Gasteiger partial charge on any atom is -0.507 e. The lowest BCUT2D eigenvalue weighted by molar-refractivity contribution is -0.132. The van der Waals surface area contributed by atoms with E-state index in [9.17, 15) is 14.7 Å². The number of aliphatic hydroxyl groups is 1. The maximum Gasteiger partial charge on any atom is 0.300 e. The summed E-state index contributed by atoms with van der Waals surface area (Å²) < 4.78 is 5.49. The van der Waals surface area contributed by atoms with Gasteiger partial charge in [-0.3, -0.25) is 19.5 Å². The Hall–Kier alpha value is -3.64. The van der Waals surface area contributed by atoms with Crippen molar-refractivity contribution in [3.8, 4) is 5.75 Å². The zero-order valence-corrected chi connectivity index (χ0v) is 20.1. The number of ketones is 1. The molecule has 1 fully saturated rings. The number of hydrogen-bond donors (Lipinski definition) is 1. The van der Waals surface area contributed by atoms with Crippen LogP contribution in [0.3, 0.4) is 0 Å². The smallest absolute Gasteiger partial charge is 0.300 e. The fourth-order valence-corrected chi connectivity index (χ4v) is 4.19. The summed E-state index contributed by atoms with van der Waals surface area (Å²) >= 11 is 6.04. The molecule has 1 amide bonds. The van der Waals surface area contributed by atoms with E-state index in [0.717, 1.165) is 5.56 Å². The molecule has 1 N–H and O–H groups in total. The summed E-state index contributed by atoms with van der Waals surface area (Å²) in [4.78, 5) is 32.0. The number of carbonyl (C=O) groups excluding carboxylic acids is 2. The SMILES string of the molecule is COc1ccc(C(C)(C)C)cc1/C(O)=C1\C(=O)C(=O)N(c2ccc(Cl)cc2)C1c1ccncc1. The highest BCUT2D eigenvalue weighted by atomic mass is 35.5. The van der Waals surface area contributed by atoms with Crippen molar-refractivity contribution in [1.29, 1.82) is 0 Å². The van der Waals surface area contributed by atoms with Crippen LogP contribution in [0.15, 0.2) is 72.6 Å². The minimum atomic E-state index is -0.854. The van der Waals surface area contributed by atoms with Crippen molar-refractivity contribution in [2.45, 2.75) is 32.2 Å². The number of carbonyl (C=O) groups is 2. The summed E-state index contributed by atoms with van der Waals surface area (Å²) in [5.41, 5.74) is 2.20. The quantitative estimate of drug-likeness (QED) is 0.298. The number of anilines is 1. The van der Waals surface area contributed by atoms with Crippen molar-refractivity contribution in [3.05, 3.63) is 94.3 Å². The van der Waals surface area contributed by atoms with E-state index in [2.05, 4.69) is 25.8 Å². The van der Waals surface area contributed by atoms with Gasteiger partial charge in [0.15, 0.2) is 0 Å². The van der Waals surface area contributed by atoms with Crippen molar-refractivity contribution in [2.24, 2.45) is 0 Å². The molecule has 7 heteroatoms. The Balaban J connectivity index is 1.98. The van der Waals surface area contributed by atoms with E-state index in [4.69, 9.17) is 16.3 Å². The van der Waals surface area contributed by atoms with Gasteiger partial charge < -0.3 is 9.84 Å². The molecule has 1 saturated heterocycles. The molecule has 1 aliphatic rings. The van der Waals surface area contributed by atoms with Gasteiger partial charge in [-0.25, -0.2) is 0 Å². The number of halogens is 1. The number of Topliss-reactive ketones (excluding diaryl/α,β-unsaturated/α-hetero) is 1. The fourth-order valence-electron chi connectivity index (χ4n) is 4.07. The Morgan fingerprint density at radius 2 is 1.68 bits per heavy atom. The van der Waals surface area contributed by atoms with E-state index >= 15 is 0 Å². The van der Waals surface area contributed by atoms with Crippen molar-refractivity contribution in [3.63, 3.8) is 0 Å². The number of hydrogen-bond acceptors (Lipinski definition) is 5. The topological polar surface area (TPSA) is 79.7 Å². The lowest BCUT2D eigenvalue weighted by Gasteiger charge is -2.26. The molecule has 0 saturated carbocycles. The third kappa shape index (κ3) is 4.17. The maximum atomic E-state index is 13.3. The molecule has 4 rings (SSSR count). The van der Waals surface area contributed by atoms with E-state index in [-0.39, 0.29) is 16.7 Å². The predicted octanol–water partition coefficient (Wildman–Crippen LogP) is 5.67.